The molecule has 1 atom stereocenters. The maximum Gasteiger partial charge on any atom is 0.106 e. The maximum atomic E-state index is 4.89. The zero-order valence-corrected chi connectivity index (χ0v) is 6.74. The molecule has 0 aromatic carbocycles. The summed E-state index contributed by atoms with van der Waals surface area (Å²) >= 11 is 4.09. The van der Waals surface area contributed by atoms with Crippen LogP contribution in [0.15, 0.2) is 12.3 Å². The number of ether oxygens (including phenoxy) is 1. The van der Waals surface area contributed by atoms with Crippen molar-refractivity contribution in [3.8, 4) is 0 Å². The molecule has 1 unspecified atom stereocenters. The normalized spacial score (nSPS) is 12.8. The predicted octanol–water partition coefficient (Wildman–Crippen LogP) is 0.664. The molecule has 0 saturated carbocycles. The number of methoxy groups -OCH3 is 1. The fraction of sp³-hybridized carbons (Fsp3) is 0.667. The third-order valence-electron chi connectivity index (χ3n) is 1.18. The molecule has 0 amide bonds. The fourth-order valence-electron chi connectivity index (χ4n) is 0.496. The summed E-state index contributed by atoms with van der Waals surface area (Å²) in [4.78, 5) is 0. The predicted molar refractivity (Wildman–Crippen MR) is 42.8 cm³/mol. The Kier molecular flexibility index (Phi) is 4.62. The third-order valence-corrected chi connectivity index (χ3v) is 1.55. The van der Waals surface area contributed by atoms with Crippen LogP contribution in [0.1, 0.15) is 0 Å². The average Bonchev–Trinajstić information content (AvgIpc) is 1.90. The molecule has 0 radical (unpaired) electrons. The zero-order chi connectivity index (χ0) is 7.28. The van der Waals surface area contributed by atoms with Crippen molar-refractivity contribution in [2.75, 3.05) is 19.9 Å². The summed E-state index contributed by atoms with van der Waals surface area (Å²) in [7, 11) is 3.46. The number of hydrogen-bond donors (Lipinski definition) is 2. The summed E-state index contributed by atoms with van der Waals surface area (Å²) in [5, 5.41) is 3.00. The van der Waals surface area contributed by atoms with Crippen LogP contribution in [0.2, 0.25) is 0 Å². The molecule has 0 aromatic rings. The van der Waals surface area contributed by atoms with Crippen LogP contribution in [0.4, 0.5) is 0 Å². The van der Waals surface area contributed by atoms with Crippen LogP contribution in [-0.2, 0) is 4.74 Å². The minimum atomic E-state index is 0.165. The molecule has 0 fully saturated rings. The van der Waals surface area contributed by atoms with Gasteiger partial charge in [0.25, 0.3) is 0 Å². The molecule has 54 valence electrons. The largest absolute Gasteiger partial charge is 0.500 e. The van der Waals surface area contributed by atoms with Crippen LogP contribution < -0.4 is 5.32 Å². The highest BCUT2D eigenvalue weighted by Crippen LogP contribution is 2.00. The molecular formula is C6H13NOS. The Bertz CT molecular complexity index is 91.1. The zero-order valence-electron chi connectivity index (χ0n) is 5.85. The first-order chi connectivity index (χ1) is 4.26. The molecule has 3 heteroatoms. The van der Waals surface area contributed by atoms with E-state index in [1.165, 1.54) is 0 Å². The second kappa shape index (κ2) is 4.70. The summed E-state index contributed by atoms with van der Waals surface area (Å²) in [5.74, 6) is 1.44. The van der Waals surface area contributed by atoms with Crippen LogP contribution in [0, 0.1) is 0 Å². The molecule has 1 N–H and O–H groups in total. The van der Waals surface area contributed by atoms with Gasteiger partial charge in [-0.05, 0) is 7.05 Å². The van der Waals surface area contributed by atoms with E-state index < -0.39 is 0 Å². The van der Waals surface area contributed by atoms with Crippen molar-refractivity contribution in [1.29, 1.82) is 0 Å². The van der Waals surface area contributed by atoms with Gasteiger partial charge in [0.15, 0.2) is 0 Å². The lowest BCUT2D eigenvalue weighted by Gasteiger charge is -2.14. The highest BCUT2D eigenvalue weighted by molar-refractivity contribution is 7.80. The van der Waals surface area contributed by atoms with E-state index >= 15 is 0 Å². The quantitative estimate of drug-likeness (QED) is 0.450. The maximum absolute atomic E-state index is 4.89. The standard InChI is InChI=1S/C6H13NOS/c1-5(8-3)6(4-9)7-2/h6-7,9H,1,4H2,2-3H3. The van der Waals surface area contributed by atoms with Crippen LogP contribution >= 0.6 is 12.6 Å². The number of rotatable bonds is 4. The third kappa shape index (κ3) is 2.77. The van der Waals surface area contributed by atoms with Crippen molar-refractivity contribution >= 4 is 12.6 Å². The minimum absolute atomic E-state index is 0.165. The number of nitrogens with one attached hydrogen (secondary N) is 1. The van der Waals surface area contributed by atoms with Crippen molar-refractivity contribution in [3.05, 3.63) is 12.3 Å². The summed E-state index contributed by atoms with van der Waals surface area (Å²) in [5.41, 5.74) is 0. The molecular weight excluding hydrogens is 134 g/mol. The van der Waals surface area contributed by atoms with Gasteiger partial charge in [-0.2, -0.15) is 12.6 Å². The van der Waals surface area contributed by atoms with E-state index in [0.29, 0.717) is 5.75 Å². The van der Waals surface area contributed by atoms with Gasteiger partial charge in [-0.15, -0.1) is 0 Å². The average molecular weight is 147 g/mol. The first kappa shape index (κ1) is 8.85. The van der Waals surface area contributed by atoms with E-state index in [-0.39, 0.29) is 6.04 Å². The summed E-state index contributed by atoms with van der Waals surface area (Å²) < 4.78 is 4.89. The molecule has 0 rings (SSSR count). The molecule has 0 aliphatic rings. The van der Waals surface area contributed by atoms with Crippen molar-refractivity contribution in [2.45, 2.75) is 6.04 Å². The van der Waals surface area contributed by atoms with Gasteiger partial charge in [0.05, 0.1) is 13.2 Å². The Balaban J connectivity index is 3.64. The molecule has 0 aliphatic carbocycles. The lowest BCUT2D eigenvalue weighted by atomic mass is 10.3. The van der Waals surface area contributed by atoms with Gasteiger partial charge in [-0.1, -0.05) is 6.58 Å². The summed E-state index contributed by atoms with van der Waals surface area (Å²) in [6, 6.07) is 0.165. The Morgan fingerprint density at radius 2 is 2.44 bits per heavy atom. The van der Waals surface area contributed by atoms with Gasteiger partial charge in [0.1, 0.15) is 5.76 Å². The SMILES string of the molecule is C=C(OC)C(CS)NC. The Morgan fingerprint density at radius 1 is 1.89 bits per heavy atom. The van der Waals surface area contributed by atoms with Crippen molar-refractivity contribution in [3.63, 3.8) is 0 Å². The fourth-order valence-corrected chi connectivity index (χ4v) is 0.883. The smallest absolute Gasteiger partial charge is 0.106 e. The highest BCUT2D eigenvalue weighted by Gasteiger charge is 2.06. The molecule has 0 bridgehead atoms. The molecule has 0 heterocycles. The second-order valence-electron chi connectivity index (χ2n) is 1.69. The van der Waals surface area contributed by atoms with Gasteiger partial charge >= 0.3 is 0 Å². The first-order valence-electron chi connectivity index (χ1n) is 2.77. The molecule has 0 aliphatic heterocycles. The van der Waals surface area contributed by atoms with Crippen molar-refractivity contribution in [2.24, 2.45) is 0 Å². The Labute approximate surface area is 61.7 Å². The van der Waals surface area contributed by atoms with E-state index in [4.69, 9.17) is 4.74 Å². The minimum Gasteiger partial charge on any atom is -0.500 e. The number of thiol groups is 1. The van der Waals surface area contributed by atoms with Crippen molar-refractivity contribution in [1.82, 2.24) is 5.32 Å². The number of likely N-dealkylation sites (N-methyl/N-ethyl adjacent to an activating group) is 1. The van der Waals surface area contributed by atoms with Gasteiger partial charge in [0, 0.05) is 5.75 Å². The van der Waals surface area contributed by atoms with Crippen LogP contribution in [-0.4, -0.2) is 26.0 Å². The summed E-state index contributed by atoms with van der Waals surface area (Å²) in [6.07, 6.45) is 0. The van der Waals surface area contributed by atoms with Gasteiger partial charge in [0.2, 0.25) is 0 Å². The first-order valence-corrected chi connectivity index (χ1v) is 3.40. The lowest BCUT2D eigenvalue weighted by Crippen LogP contribution is -2.29. The Hall–Kier alpha value is -0.150. The Morgan fingerprint density at radius 3 is 2.56 bits per heavy atom. The van der Waals surface area contributed by atoms with Gasteiger partial charge in [-0.3, -0.25) is 0 Å². The number of hydrogen-bond acceptors (Lipinski definition) is 3. The van der Waals surface area contributed by atoms with E-state index in [1.807, 2.05) is 7.05 Å². The van der Waals surface area contributed by atoms with Crippen LogP contribution in [0.3, 0.4) is 0 Å². The van der Waals surface area contributed by atoms with E-state index in [1.54, 1.807) is 7.11 Å². The van der Waals surface area contributed by atoms with Crippen molar-refractivity contribution < 1.29 is 4.74 Å². The molecule has 0 spiro atoms. The topological polar surface area (TPSA) is 21.3 Å². The molecule has 9 heavy (non-hydrogen) atoms. The highest BCUT2D eigenvalue weighted by atomic mass is 32.1. The molecule has 0 saturated heterocycles. The van der Waals surface area contributed by atoms with E-state index in [2.05, 4.69) is 24.5 Å². The lowest BCUT2D eigenvalue weighted by molar-refractivity contribution is 0.263. The van der Waals surface area contributed by atoms with E-state index in [0.717, 1.165) is 5.76 Å². The van der Waals surface area contributed by atoms with Crippen LogP contribution in [0.25, 0.3) is 0 Å². The van der Waals surface area contributed by atoms with Gasteiger partial charge in [-0.25, -0.2) is 0 Å². The molecule has 0 aromatic heterocycles. The summed E-state index contributed by atoms with van der Waals surface area (Å²) in [6.45, 7) is 3.68. The van der Waals surface area contributed by atoms with E-state index in [9.17, 15) is 0 Å². The monoisotopic (exact) mass is 147 g/mol. The second-order valence-corrected chi connectivity index (χ2v) is 2.06. The van der Waals surface area contributed by atoms with Gasteiger partial charge < -0.3 is 10.1 Å². The van der Waals surface area contributed by atoms with Crippen LogP contribution in [0.5, 0.6) is 0 Å². The molecule has 2 nitrogen and oxygen atoms in total.